The van der Waals surface area contributed by atoms with Gasteiger partial charge >= 0.3 is 0 Å². The van der Waals surface area contributed by atoms with Gasteiger partial charge in [-0.2, -0.15) is 0 Å². The molecule has 20 heavy (non-hydrogen) atoms. The van der Waals surface area contributed by atoms with Crippen LogP contribution >= 0.6 is 0 Å². The van der Waals surface area contributed by atoms with Crippen LogP contribution in [0.4, 0.5) is 0 Å². The van der Waals surface area contributed by atoms with E-state index >= 15 is 0 Å². The number of nitrogens with zero attached hydrogens (tertiary/aromatic N) is 1. The summed E-state index contributed by atoms with van der Waals surface area (Å²) in [6.07, 6.45) is 5.18. The Kier molecular flexibility index (Phi) is 3.70. The third-order valence-electron chi connectivity index (χ3n) is 4.02. The van der Waals surface area contributed by atoms with Crippen LogP contribution in [0.2, 0.25) is 0 Å². The van der Waals surface area contributed by atoms with Crippen molar-refractivity contribution < 1.29 is 5.11 Å². The number of pyridine rings is 1. The molecule has 1 aliphatic carbocycles. The SMILES string of the molecule is CC(NC1CCCc2cc(O)ccc21)c1ccccn1. The number of nitrogens with one attached hydrogen (secondary N) is 1. The molecule has 2 N–H and O–H groups in total. The van der Waals surface area contributed by atoms with E-state index in [1.807, 2.05) is 30.5 Å². The monoisotopic (exact) mass is 268 g/mol. The van der Waals surface area contributed by atoms with Gasteiger partial charge in [0.25, 0.3) is 0 Å². The highest BCUT2D eigenvalue weighted by Crippen LogP contribution is 2.33. The largest absolute Gasteiger partial charge is 0.508 e. The highest BCUT2D eigenvalue weighted by atomic mass is 16.3. The molecule has 0 saturated carbocycles. The molecule has 1 aromatic carbocycles. The summed E-state index contributed by atoms with van der Waals surface area (Å²) in [5.74, 6) is 0.363. The van der Waals surface area contributed by atoms with Crippen molar-refractivity contribution >= 4 is 0 Å². The van der Waals surface area contributed by atoms with Crippen molar-refractivity contribution in [3.05, 3.63) is 59.4 Å². The summed E-state index contributed by atoms with van der Waals surface area (Å²) in [5.41, 5.74) is 3.65. The molecule has 0 bridgehead atoms. The van der Waals surface area contributed by atoms with E-state index in [9.17, 15) is 5.11 Å². The predicted octanol–water partition coefficient (Wildman–Crippen LogP) is 3.52. The average Bonchev–Trinajstić information content (AvgIpc) is 2.48. The number of aromatic hydroxyl groups is 1. The number of phenols is 1. The highest BCUT2D eigenvalue weighted by molar-refractivity contribution is 5.38. The van der Waals surface area contributed by atoms with E-state index in [4.69, 9.17) is 0 Å². The van der Waals surface area contributed by atoms with Gasteiger partial charge in [0.15, 0.2) is 0 Å². The first-order valence-corrected chi connectivity index (χ1v) is 7.23. The highest BCUT2D eigenvalue weighted by Gasteiger charge is 2.22. The molecule has 0 saturated heterocycles. The van der Waals surface area contributed by atoms with Crippen LogP contribution in [0.3, 0.4) is 0 Å². The van der Waals surface area contributed by atoms with Crippen LogP contribution in [-0.4, -0.2) is 10.1 Å². The first-order valence-electron chi connectivity index (χ1n) is 7.23. The topological polar surface area (TPSA) is 45.1 Å². The maximum atomic E-state index is 9.60. The number of rotatable bonds is 3. The number of hydrogen-bond donors (Lipinski definition) is 2. The summed E-state index contributed by atoms with van der Waals surface area (Å²) >= 11 is 0. The fraction of sp³-hybridized carbons (Fsp3) is 0.353. The van der Waals surface area contributed by atoms with Gasteiger partial charge in [0, 0.05) is 18.3 Å². The van der Waals surface area contributed by atoms with Gasteiger partial charge < -0.3 is 10.4 Å². The van der Waals surface area contributed by atoms with Crippen molar-refractivity contribution in [2.45, 2.75) is 38.3 Å². The summed E-state index contributed by atoms with van der Waals surface area (Å²) < 4.78 is 0. The van der Waals surface area contributed by atoms with Crippen LogP contribution in [0.1, 0.15) is 48.7 Å². The minimum absolute atomic E-state index is 0.223. The average molecular weight is 268 g/mol. The Balaban J connectivity index is 1.80. The fourth-order valence-electron chi connectivity index (χ4n) is 2.99. The molecule has 0 radical (unpaired) electrons. The normalized spacial score (nSPS) is 19.4. The second-order valence-electron chi connectivity index (χ2n) is 5.47. The summed E-state index contributed by atoms with van der Waals surface area (Å²) in [6.45, 7) is 2.15. The zero-order chi connectivity index (χ0) is 13.9. The molecule has 0 aliphatic heterocycles. The van der Waals surface area contributed by atoms with Crippen molar-refractivity contribution in [2.75, 3.05) is 0 Å². The van der Waals surface area contributed by atoms with Crippen LogP contribution in [0.15, 0.2) is 42.6 Å². The molecular formula is C17H20N2O. The maximum Gasteiger partial charge on any atom is 0.115 e. The first kappa shape index (κ1) is 13.1. The first-order chi connectivity index (χ1) is 9.74. The number of benzene rings is 1. The van der Waals surface area contributed by atoms with Gasteiger partial charge in [0.1, 0.15) is 5.75 Å². The summed E-state index contributed by atoms with van der Waals surface area (Å²) in [7, 11) is 0. The maximum absolute atomic E-state index is 9.60. The molecule has 104 valence electrons. The molecular weight excluding hydrogens is 248 g/mol. The zero-order valence-corrected chi connectivity index (χ0v) is 11.7. The molecule has 1 aliphatic rings. The Morgan fingerprint density at radius 1 is 1.30 bits per heavy atom. The Bertz CT molecular complexity index is 583. The second kappa shape index (κ2) is 5.63. The van der Waals surface area contributed by atoms with Crippen LogP contribution in [0.5, 0.6) is 5.75 Å². The third-order valence-corrected chi connectivity index (χ3v) is 4.02. The second-order valence-corrected chi connectivity index (χ2v) is 5.47. The number of hydrogen-bond acceptors (Lipinski definition) is 3. The van der Waals surface area contributed by atoms with E-state index in [0.29, 0.717) is 11.8 Å². The van der Waals surface area contributed by atoms with Crippen LogP contribution in [0, 0.1) is 0 Å². The molecule has 3 rings (SSSR count). The quantitative estimate of drug-likeness (QED) is 0.895. The molecule has 2 unspecified atom stereocenters. The van der Waals surface area contributed by atoms with E-state index < -0.39 is 0 Å². The molecule has 1 aromatic heterocycles. The van der Waals surface area contributed by atoms with Crippen molar-refractivity contribution in [3.63, 3.8) is 0 Å². The van der Waals surface area contributed by atoms with Crippen LogP contribution in [0.25, 0.3) is 0 Å². The van der Waals surface area contributed by atoms with Crippen LogP contribution in [-0.2, 0) is 6.42 Å². The number of aryl methyl sites for hydroxylation is 1. The lowest BCUT2D eigenvalue weighted by Crippen LogP contribution is -2.28. The molecule has 2 atom stereocenters. The van der Waals surface area contributed by atoms with E-state index in [1.54, 1.807) is 6.07 Å². The van der Waals surface area contributed by atoms with E-state index in [-0.39, 0.29) is 6.04 Å². The molecule has 3 nitrogen and oxygen atoms in total. The minimum atomic E-state index is 0.223. The van der Waals surface area contributed by atoms with Gasteiger partial charge in [-0.3, -0.25) is 4.98 Å². The summed E-state index contributed by atoms with van der Waals surface area (Å²) in [5, 5.41) is 13.3. The van der Waals surface area contributed by atoms with E-state index in [0.717, 1.165) is 25.0 Å². The van der Waals surface area contributed by atoms with Gasteiger partial charge in [-0.25, -0.2) is 0 Å². The Morgan fingerprint density at radius 3 is 3.00 bits per heavy atom. The van der Waals surface area contributed by atoms with Gasteiger partial charge in [0.05, 0.1) is 5.69 Å². The molecule has 1 heterocycles. The molecule has 3 heteroatoms. The van der Waals surface area contributed by atoms with Gasteiger partial charge in [0.2, 0.25) is 0 Å². The van der Waals surface area contributed by atoms with Crippen molar-refractivity contribution in [3.8, 4) is 5.75 Å². The number of fused-ring (bicyclic) bond motifs is 1. The Morgan fingerprint density at radius 2 is 2.20 bits per heavy atom. The minimum Gasteiger partial charge on any atom is -0.508 e. The lowest BCUT2D eigenvalue weighted by atomic mass is 9.87. The lowest BCUT2D eigenvalue weighted by molar-refractivity contribution is 0.408. The van der Waals surface area contributed by atoms with Gasteiger partial charge in [-0.05, 0) is 61.6 Å². The molecule has 0 spiro atoms. The standard InChI is InChI=1S/C17H20N2O/c1-12(16-6-2-3-10-18-16)19-17-7-4-5-13-11-14(20)8-9-15(13)17/h2-3,6,8-12,17,19-20H,4-5,7H2,1H3. The zero-order valence-electron chi connectivity index (χ0n) is 11.7. The molecule has 0 amide bonds. The van der Waals surface area contributed by atoms with Crippen LogP contribution < -0.4 is 5.32 Å². The fourth-order valence-corrected chi connectivity index (χ4v) is 2.99. The van der Waals surface area contributed by atoms with Gasteiger partial charge in [-0.15, -0.1) is 0 Å². The number of aromatic nitrogens is 1. The predicted molar refractivity (Wildman–Crippen MR) is 79.6 cm³/mol. The lowest BCUT2D eigenvalue weighted by Gasteiger charge is -2.29. The van der Waals surface area contributed by atoms with Gasteiger partial charge in [-0.1, -0.05) is 12.1 Å². The van der Waals surface area contributed by atoms with Crippen molar-refractivity contribution in [2.24, 2.45) is 0 Å². The van der Waals surface area contributed by atoms with Crippen molar-refractivity contribution in [1.29, 1.82) is 0 Å². The smallest absolute Gasteiger partial charge is 0.115 e. The van der Waals surface area contributed by atoms with Crippen molar-refractivity contribution in [1.82, 2.24) is 10.3 Å². The Labute approximate surface area is 119 Å². The van der Waals surface area contributed by atoms with E-state index in [2.05, 4.69) is 23.3 Å². The number of phenolic OH excluding ortho intramolecular Hbond substituents is 1. The summed E-state index contributed by atoms with van der Waals surface area (Å²) in [6, 6.07) is 12.3. The third kappa shape index (κ3) is 2.68. The molecule has 0 fully saturated rings. The summed E-state index contributed by atoms with van der Waals surface area (Å²) in [4.78, 5) is 4.41. The van der Waals surface area contributed by atoms with E-state index in [1.165, 1.54) is 11.1 Å². The molecule has 2 aromatic rings. The Hall–Kier alpha value is -1.87.